The Morgan fingerprint density at radius 2 is 1.86 bits per heavy atom. The lowest BCUT2D eigenvalue weighted by molar-refractivity contribution is 0.0949. The van der Waals surface area contributed by atoms with Gasteiger partial charge in [0.15, 0.2) is 0 Å². The fourth-order valence-corrected chi connectivity index (χ4v) is 2.98. The van der Waals surface area contributed by atoms with Gasteiger partial charge in [0.1, 0.15) is 12.4 Å². The molecule has 0 spiro atoms. The number of fused-ring (bicyclic) bond motifs is 1. The molecule has 2 aromatic carbocycles. The van der Waals surface area contributed by atoms with Crippen molar-refractivity contribution in [3.8, 4) is 5.88 Å². The van der Waals surface area contributed by atoms with Gasteiger partial charge in [-0.25, -0.2) is 9.97 Å². The Bertz CT molecular complexity index is 1110. The summed E-state index contributed by atoms with van der Waals surface area (Å²) in [6.07, 6.45) is 1.57. The molecule has 0 saturated heterocycles. The van der Waals surface area contributed by atoms with E-state index < -0.39 is 0 Å². The van der Waals surface area contributed by atoms with Crippen LogP contribution in [0.5, 0.6) is 5.88 Å². The third kappa shape index (κ3) is 3.86. The van der Waals surface area contributed by atoms with E-state index in [-0.39, 0.29) is 5.91 Å². The second-order valence-electron chi connectivity index (χ2n) is 6.42. The summed E-state index contributed by atoms with van der Waals surface area (Å²) in [6.45, 7) is 0.741. The average molecular weight is 372 g/mol. The van der Waals surface area contributed by atoms with E-state index in [2.05, 4.69) is 15.3 Å². The quantitative estimate of drug-likeness (QED) is 0.563. The van der Waals surface area contributed by atoms with Crippen molar-refractivity contribution in [3.63, 3.8) is 0 Å². The largest absolute Gasteiger partial charge is 0.473 e. The second kappa shape index (κ2) is 7.92. The van der Waals surface area contributed by atoms with Crippen LogP contribution in [0.4, 0.5) is 0 Å². The minimum absolute atomic E-state index is 0.195. The van der Waals surface area contributed by atoms with Crippen LogP contribution in [0, 0.1) is 0 Å². The van der Waals surface area contributed by atoms with Crippen molar-refractivity contribution in [1.82, 2.24) is 19.9 Å². The van der Waals surface area contributed by atoms with E-state index in [4.69, 9.17) is 4.74 Å². The topological polar surface area (TPSA) is 69.0 Å². The maximum absolute atomic E-state index is 12.5. The Morgan fingerprint density at radius 3 is 2.68 bits per heavy atom. The van der Waals surface area contributed by atoms with Gasteiger partial charge in [0.05, 0.1) is 17.6 Å². The highest BCUT2D eigenvalue weighted by molar-refractivity contribution is 5.94. The average Bonchev–Trinajstić information content (AvgIpc) is 3.07. The highest BCUT2D eigenvalue weighted by atomic mass is 16.5. The van der Waals surface area contributed by atoms with Gasteiger partial charge >= 0.3 is 0 Å². The molecule has 4 aromatic rings. The summed E-state index contributed by atoms with van der Waals surface area (Å²) >= 11 is 0. The number of nitrogens with one attached hydrogen (secondary N) is 1. The number of aryl methyl sites for hydroxylation is 1. The Hall–Kier alpha value is -3.67. The lowest BCUT2D eigenvalue weighted by Crippen LogP contribution is -2.24. The van der Waals surface area contributed by atoms with E-state index in [0.29, 0.717) is 24.6 Å². The fourth-order valence-electron chi connectivity index (χ4n) is 2.98. The maximum Gasteiger partial charge on any atom is 0.251 e. The second-order valence-corrected chi connectivity index (χ2v) is 6.42. The number of pyridine rings is 1. The first-order chi connectivity index (χ1) is 13.7. The minimum Gasteiger partial charge on any atom is -0.473 e. The van der Waals surface area contributed by atoms with E-state index in [1.165, 1.54) is 0 Å². The van der Waals surface area contributed by atoms with Crippen molar-refractivity contribution in [2.45, 2.75) is 13.2 Å². The summed E-state index contributed by atoms with van der Waals surface area (Å²) in [6, 6.07) is 21.0. The number of carbonyl (C=O) groups is 1. The summed E-state index contributed by atoms with van der Waals surface area (Å²) in [5.74, 6) is 1.02. The van der Waals surface area contributed by atoms with Crippen LogP contribution in [-0.2, 0) is 20.2 Å². The van der Waals surface area contributed by atoms with Gasteiger partial charge in [-0.1, -0.05) is 42.5 Å². The molecule has 4 rings (SSSR count). The molecule has 6 nitrogen and oxygen atoms in total. The predicted octanol–water partition coefficient (Wildman–Crippen LogP) is 3.48. The summed E-state index contributed by atoms with van der Waals surface area (Å²) in [5.41, 5.74) is 3.49. The Kier molecular flexibility index (Phi) is 5.01. The molecular weight excluding hydrogens is 352 g/mol. The summed E-state index contributed by atoms with van der Waals surface area (Å²) < 4.78 is 7.68. The number of para-hydroxylation sites is 2. The van der Waals surface area contributed by atoms with Crippen LogP contribution in [0.1, 0.15) is 21.7 Å². The third-order valence-electron chi connectivity index (χ3n) is 4.51. The lowest BCUT2D eigenvalue weighted by atomic mass is 10.2. The molecule has 6 heteroatoms. The van der Waals surface area contributed by atoms with Gasteiger partial charge in [-0.3, -0.25) is 4.79 Å². The number of hydrogen-bond acceptors (Lipinski definition) is 4. The van der Waals surface area contributed by atoms with Crippen molar-refractivity contribution < 1.29 is 9.53 Å². The first-order valence-electron chi connectivity index (χ1n) is 9.02. The number of ether oxygens (including phenoxy) is 1. The number of hydrogen-bond donors (Lipinski definition) is 1. The zero-order valence-corrected chi connectivity index (χ0v) is 15.5. The highest BCUT2D eigenvalue weighted by Crippen LogP contribution is 2.15. The van der Waals surface area contributed by atoms with Gasteiger partial charge in [0, 0.05) is 24.9 Å². The van der Waals surface area contributed by atoms with Gasteiger partial charge in [0.2, 0.25) is 5.88 Å². The molecule has 140 valence electrons. The van der Waals surface area contributed by atoms with Gasteiger partial charge in [-0.2, -0.15) is 0 Å². The van der Waals surface area contributed by atoms with Crippen LogP contribution in [0.2, 0.25) is 0 Å². The standard InChI is InChI=1S/C22H20N4O2/c1-26-19-10-6-5-9-18(19)25-20(26)14-24-22(27)17-11-12-23-21(13-17)28-15-16-7-3-2-4-8-16/h2-13H,14-15H2,1H3,(H,24,27). The molecule has 2 aromatic heterocycles. The number of nitrogens with zero attached hydrogens (tertiary/aromatic N) is 3. The van der Waals surface area contributed by atoms with Crippen LogP contribution in [0.3, 0.4) is 0 Å². The normalized spacial score (nSPS) is 10.8. The van der Waals surface area contributed by atoms with Crippen LogP contribution >= 0.6 is 0 Å². The van der Waals surface area contributed by atoms with Crippen LogP contribution in [0.15, 0.2) is 72.9 Å². The summed E-state index contributed by atoms with van der Waals surface area (Å²) in [7, 11) is 1.94. The SMILES string of the molecule is Cn1c(CNC(=O)c2ccnc(OCc3ccccc3)c2)nc2ccccc21. The molecule has 0 unspecified atom stereocenters. The van der Waals surface area contributed by atoms with E-state index >= 15 is 0 Å². The zero-order valence-electron chi connectivity index (χ0n) is 15.5. The van der Waals surface area contributed by atoms with E-state index in [0.717, 1.165) is 22.4 Å². The number of amides is 1. The van der Waals surface area contributed by atoms with Gasteiger partial charge in [0.25, 0.3) is 5.91 Å². The molecule has 0 aliphatic heterocycles. The minimum atomic E-state index is -0.195. The lowest BCUT2D eigenvalue weighted by Gasteiger charge is -2.08. The monoisotopic (exact) mass is 372 g/mol. The summed E-state index contributed by atoms with van der Waals surface area (Å²) in [5, 5.41) is 2.91. The molecule has 0 radical (unpaired) electrons. The third-order valence-corrected chi connectivity index (χ3v) is 4.51. The number of rotatable bonds is 6. The van der Waals surface area contributed by atoms with Gasteiger partial charge in [-0.05, 0) is 23.8 Å². The molecular formula is C22H20N4O2. The van der Waals surface area contributed by atoms with Crippen molar-refractivity contribution in [2.75, 3.05) is 0 Å². The van der Waals surface area contributed by atoms with Crippen molar-refractivity contribution in [3.05, 3.63) is 89.9 Å². The van der Waals surface area contributed by atoms with E-state index in [1.54, 1.807) is 18.3 Å². The Morgan fingerprint density at radius 1 is 1.07 bits per heavy atom. The van der Waals surface area contributed by atoms with Crippen molar-refractivity contribution >= 4 is 16.9 Å². The molecule has 0 atom stereocenters. The molecule has 0 saturated carbocycles. The fraction of sp³-hybridized carbons (Fsp3) is 0.136. The number of aromatic nitrogens is 3. The maximum atomic E-state index is 12.5. The predicted molar refractivity (Wildman–Crippen MR) is 107 cm³/mol. The molecule has 0 aliphatic carbocycles. The van der Waals surface area contributed by atoms with Crippen LogP contribution in [0.25, 0.3) is 11.0 Å². The van der Waals surface area contributed by atoms with Crippen molar-refractivity contribution in [1.29, 1.82) is 0 Å². The molecule has 1 N–H and O–H groups in total. The van der Waals surface area contributed by atoms with Crippen LogP contribution < -0.4 is 10.1 Å². The molecule has 1 amide bonds. The zero-order chi connectivity index (χ0) is 19.3. The Balaban J connectivity index is 1.41. The molecule has 28 heavy (non-hydrogen) atoms. The highest BCUT2D eigenvalue weighted by Gasteiger charge is 2.11. The molecule has 2 heterocycles. The first kappa shape index (κ1) is 17.7. The number of benzene rings is 2. The van der Waals surface area contributed by atoms with Gasteiger partial charge in [-0.15, -0.1) is 0 Å². The van der Waals surface area contributed by atoms with Gasteiger partial charge < -0.3 is 14.6 Å². The van der Waals surface area contributed by atoms with E-state index in [9.17, 15) is 4.79 Å². The first-order valence-corrected chi connectivity index (χ1v) is 9.02. The number of imidazole rings is 1. The van der Waals surface area contributed by atoms with Crippen molar-refractivity contribution in [2.24, 2.45) is 7.05 Å². The molecule has 0 fully saturated rings. The Labute approximate surface area is 162 Å². The smallest absolute Gasteiger partial charge is 0.251 e. The number of carbonyl (C=O) groups excluding carboxylic acids is 1. The van der Waals surface area contributed by atoms with Crippen LogP contribution in [-0.4, -0.2) is 20.4 Å². The molecule has 0 bridgehead atoms. The molecule has 0 aliphatic rings. The summed E-state index contributed by atoms with van der Waals surface area (Å²) in [4.78, 5) is 21.3. The van der Waals surface area contributed by atoms with E-state index in [1.807, 2.05) is 66.2 Å².